The highest BCUT2D eigenvalue weighted by atomic mass is 16.5. The molecule has 0 saturated heterocycles. The number of ether oxygens (including phenoxy) is 1. The minimum atomic E-state index is -0.263. The topological polar surface area (TPSA) is 50.7 Å². The van der Waals surface area contributed by atoms with Crippen LogP contribution in [0, 0.1) is 6.92 Å². The highest BCUT2D eigenvalue weighted by Gasteiger charge is 2.06. The van der Waals surface area contributed by atoms with Crippen LogP contribution in [0.4, 0.5) is 0 Å². The summed E-state index contributed by atoms with van der Waals surface area (Å²) in [6, 6.07) is 17.5. The number of hydrazone groups is 1. The van der Waals surface area contributed by atoms with Crippen molar-refractivity contribution in [1.82, 2.24) is 5.43 Å². The van der Waals surface area contributed by atoms with E-state index in [1.54, 1.807) is 0 Å². The number of amides is 1. The van der Waals surface area contributed by atoms with E-state index < -0.39 is 0 Å². The third-order valence-corrected chi connectivity index (χ3v) is 3.58. The van der Waals surface area contributed by atoms with Gasteiger partial charge < -0.3 is 4.74 Å². The van der Waals surface area contributed by atoms with Crippen LogP contribution in [-0.2, 0) is 4.79 Å². The van der Waals surface area contributed by atoms with E-state index in [1.165, 1.54) is 0 Å². The fourth-order valence-electron chi connectivity index (χ4n) is 2.19. The summed E-state index contributed by atoms with van der Waals surface area (Å²) in [7, 11) is 0. The molecule has 0 aliphatic carbocycles. The third kappa shape index (κ3) is 5.88. The Balaban J connectivity index is 1.92. The number of nitrogens with one attached hydrogen (secondary N) is 1. The van der Waals surface area contributed by atoms with Crippen molar-refractivity contribution in [3.8, 4) is 5.75 Å². The Morgan fingerprint density at radius 3 is 2.46 bits per heavy atom. The summed E-state index contributed by atoms with van der Waals surface area (Å²) in [5.74, 6) is 0.412. The van der Waals surface area contributed by atoms with Crippen LogP contribution in [-0.4, -0.2) is 18.2 Å². The van der Waals surface area contributed by atoms with Crippen molar-refractivity contribution in [1.29, 1.82) is 0 Å². The summed E-state index contributed by atoms with van der Waals surface area (Å²) in [4.78, 5) is 11.9. The van der Waals surface area contributed by atoms with Crippen LogP contribution in [0.25, 0.3) is 0 Å². The monoisotopic (exact) mass is 324 g/mol. The third-order valence-electron chi connectivity index (χ3n) is 3.58. The van der Waals surface area contributed by atoms with Gasteiger partial charge >= 0.3 is 0 Å². The number of benzene rings is 2. The smallest absolute Gasteiger partial charge is 0.277 e. The van der Waals surface area contributed by atoms with E-state index in [9.17, 15) is 4.79 Å². The second-order valence-electron chi connectivity index (χ2n) is 5.66. The van der Waals surface area contributed by atoms with Crippen LogP contribution in [0.1, 0.15) is 37.3 Å². The molecule has 1 N–H and O–H groups in total. The molecule has 2 rings (SSSR count). The zero-order chi connectivity index (χ0) is 17.2. The Morgan fingerprint density at radius 1 is 1.08 bits per heavy atom. The van der Waals surface area contributed by atoms with E-state index in [4.69, 9.17) is 4.74 Å². The van der Waals surface area contributed by atoms with E-state index in [2.05, 4.69) is 17.5 Å². The highest BCUT2D eigenvalue weighted by molar-refractivity contribution is 6.01. The summed E-state index contributed by atoms with van der Waals surface area (Å²) >= 11 is 0. The maximum Gasteiger partial charge on any atom is 0.277 e. The molecule has 4 nitrogen and oxygen atoms in total. The fraction of sp³-hybridized carbons (Fsp3) is 0.300. The standard InChI is InChI=1S/C20H24N2O2/c1-3-4-10-19(17-8-6-5-7-9-17)21-22-20(23)15-24-18-13-11-16(2)12-14-18/h5-9,11-14H,3-4,10,15H2,1-2H3,(H,22,23)/b21-19+. The Bertz CT molecular complexity index is 664. The number of hydrogen-bond acceptors (Lipinski definition) is 3. The molecule has 1 amide bonds. The molecule has 4 heteroatoms. The zero-order valence-corrected chi connectivity index (χ0v) is 14.3. The predicted molar refractivity (Wildman–Crippen MR) is 97.3 cm³/mol. The molecule has 0 aromatic heterocycles. The Labute approximate surface area is 143 Å². The maximum atomic E-state index is 11.9. The van der Waals surface area contributed by atoms with Crippen molar-refractivity contribution in [2.45, 2.75) is 33.1 Å². The van der Waals surface area contributed by atoms with E-state index in [-0.39, 0.29) is 12.5 Å². The SMILES string of the molecule is CCCC/C(=N\NC(=O)COc1ccc(C)cc1)c1ccccc1. The van der Waals surface area contributed by atoms with Crippen molar-refractivity contribution >= 4 is 11.6 Å². The lowest BCUT2D eigenvalue weighted by molar-refractivity contribution is -0.123. The minimum absolute atomic E-state index is 0.0532. The first-order chi connectivity index (χ1) is 11.7. The molecular formula is C20H24N2O2. The molecule has 0 fully saturated rings. The fourth-order valence-corrected chi connectivity index (χ4v) is 2.19. The van der Waals surface area contributed by atoms with E-state index >= 15 is 0 Å². The average molecular weight is 324 g/mol. The van der Waals surface area contributed by atoms with Crippen LogP contribution in [0.3, 0.4) is 0 Å². The average Bonchev–Trinajstić information content (AvgIpc) is 2.62. The first-order valence-corrected chi connectivity index (χ1v) is 8.29. The first kappa shape index (κ1) is 17.7. The number of nitrogens with zero attached hydrogens (tertiary/aromatic N) is 1. The van der Waals surface area contributed by atoms with Gasteiger partial charge in [-0.25, -0.2) is 5.43 Å². The van der Waals surface area contributed by atoms with Gasteiger partial charge in [0.15, 0.2) is 6.61 Å². The van der Waals surface area contributed by atoms with Crippen LogP contribution in [0.2, 0.25) is 0 Å². The van der Waals surface area contributed by atoms with Crippen molar-refractivity contribution in [2.75, 3.05) is 6.61 Å². The van der Waals surface area contributed by atoms with E-state index in [1.807, 2.05) is 61.5 Å². The molecule has 0 atom stereocenters. The summed E-state index contributed by atoms with van der Waals surface area (Å²) in [6.07, 6.45) is 2.94. The van der Waals surface area contributed by atoms with Crippen molar-refractivity contribution in [3.63, 3.8) is 0 Å². The van der Waals surface area contributed by atoms with E-state index in [0.29, 0.717) is 5.75 Å². The largest absolute Gasteiger partial charge is 0.484 e. The summed E-state index contributed by atoms with van der Waals surface area (Å²) in [6.45, 7) is 4.09. The number of hydrogen-bond donors (Lipinski definition) is 1. The van der Waals surface area contributed by atoms with Gasteiger partial charge in [0.05, 0.1) is 5.71 Å². The van der Waals surface area contributed by atoms with Crippen molar-refractivity contribution < 1.29 is 9.53 Å². The van der Waals surface area contributed by atoms with E-state index in [0.717, 1.165) is 36.1 Å². The van der Waals surface area contributed by atoms with Crippen molar-refractivity contribution in [3.05, 3.63) is 65.7 Å². The molecule has 0 bridgehead atoms. The van der Waals surface area contributed by atoms with Gasteiger partial charge in [0, 0.05) is 0 Å². The van der Waals surface area contributed by atoms with Gasteiger partial charge in [-0.15, -0.1) is 0 Å². The van der Waals surface area contributed by atoms with Gasteiger partial charge in [-0.05, 0) is 37.5 Å². The second kappa shape index (κ2) is 9.50. The summed E-state index contributed by atoms with van der Waals surface area (Å²) < 4.78 is 5.46. The zero-order valence-electron chi connectivity index (χ0n) is 14.3. The molecule has 0 saturated carbocycles. The number of rotatable bonds is 8. The maximum absolute atomic E-state index is 11.9. The molecule has 126 valence electrons. The van der Waals surface area contributed by atoms with Gasteiger partial charge in [0.25, 0.3) is 5.91 Å². The Hall–Kier alpha value is -2.62. The molecule has 0 spiro atoms. The summed E-state index contributed by atoms with van der Waals surface area (Å²) in [5.41, 5.74) is 5.67. The van der Waals surface area contributed by atoms with Crippen LogP contribution in [0.15, 0.2) is 59.7 Å². The lowest BCUT2D eigenvalue weighted by Gasteiger charge is -2.08. The molecule has 0 heterocycles. The van der Waals surface area contributed by atoms with Crippen LogP contribution >= 0.6 is 0 Å². The lowest BCUT2D eigenvalue weighted by atomic mass is 10.1. The minimum Gasteiger partial charge on any atom is -0.484 e. The molecule has 0 aliphatic heterocycles. The summed E-state index contributed by atoms with van der Waals surface area (Å²) in [5, 5.41) is 4.29. The molecule has 2 aromatic rings. The van der Waals surface area contributed by atoms with Gasteiger partial charge in [0.2, 0.25) is 0 Å². The van der Waals surface area contributed by atoms with Gasteiger partial charge in [-0.3, -0.25) is 4.79 Å². The van der Waals surface area contributed by atoms with Gasteiger partial charge in [0.1, 0.15) is 5.75 Å². The van der Waals surface area contributed by atoms with Crippen molar-refractivity contribution in [2.24, 2.45) is 5.10 Å². The Kier molecular flexibility index (Phi) is 7.02. The molecule has 0 radical (unpaired) electrons. The molecule has 0 unspecified atom stereocenters. The normalized spacial score (nSPS) is 11.2. The van der Waals surface area contributed by atoms with Crippen LogP contribution < -0.4 is 10.2 Å². The molecule has 2 aromatic carbocycles. The molecule has 0 aliphatic rings. The number of aryl methyl sites for hydroxylation is 1. The number of carbonyl (C=O) groups is 1. The Morgan fingerprint density at radius 2 is 1.79 bits per heavy atom. The molecule has 24 heavy (non-hydrogen) atoms. The van der Waals surface area contributed by atoms with Gasteiger partial charge in [-0.1, -0.05) is 61.4 Å². The van der Waals surface area contributed by atoms with Crippen LogP contribution in [0.5, 0.6) is 5.75 Å². The highest BCUT2D eigenvalue weighted by Crippen LogP contribution is 2.11. The number of carbonyl (C=O) groups excluding carboxylic acids is 1. The first-order valence-electron chi connectivity index (χ1n) is 8.29. The lowest BCUT2D eigenvalue weighted by Crippen LogP contribution is -2.26. The quantitative estimate of drug-likeness (QED) is 0.587. The predicted octanol–water partition coefficient (Wildman–Crippen LogP) is 4.08. The number of unbranched alkanes of at least 4 members (excludes halogenated alkanes) is 1. The molecular weight excluding hydrogens is 300 g/mol. The second-order valence-corrected chi connectivity index (χ2v) is 5.66. The van der Waals surface area contributed by atoms with Gasteiger partial charge in [-0.2, -0.15) is 5.10 Å².